The van der Waals surface area contributed by atoms with E-state index in [2.05, 4.69) is 10.5 Å². The van der Waals surface area contributed by atoms with Crippen LogP contribution in [0.3, 0.4) is 0 Å². The van der Waals surface area contributed by atoms with Crippen molar-refractivity contribution in [3.05, 3.63) is 47.3 Å². The summed E-state index contributed by atoms with van der Waals surface area (Å²) in [5.41, 5.74) is 2.73. The number of hydrogen-bond acceptors (Lipinski definition) is 3. The van der Waals surface area contributed by atoms with Crippen molar-refractivity contribution in [2.45, 2.75) is 40.5 Å². The number of nitrogens with zero attached hydrogens (tertiary/aromatic N) is 1. The van der Waals surface area contributed by atoms with Gasteiger partial charge in [0.15, 0.2) is 0 Å². The van der Waals surface area contributed by atoms with Crippen LogP contribution in [0.25, 0.3) is 0 Å². The fraction of sp³-hybridized carbons (Fsp3) is 0.375. The van der Waals surface area contributed by atoms with Gasteiger partial charge in [-0.05, 0) is 26.0 Å². The summed E-state index contributed by atoms with van der Waals surface area (Å²) in [7, 11) is 0. The van der Waals surface area contributed by atoms with E-state index in [0.717, 1.165) is 22.7 Å². The van der Waals surface area contributed by atoms with Crippen molar-refractivity contribution in [3.63, 3.8) is 0 Å². The summed E-state index contributed by atoms with van der Waals surface area (Å²) in [6.07, 6.45) is 0.968. The van der Waals surface area contributed by atoms with E-state index in [9.17, 15) is 4.79 Å². The van der Waals surface area contributed by atoms with E-state index in [0.29, 0.717) is 12.8 Å². The molecule has 1 heterocycles. The summed E-state index contributed by atoms with van der Waals surface area (Å²) in [6.45, 7) is 7.85. The molecule has 0 bridgehead atoms. The van der Waals surface area contributed by atoms with E-state index in [1.807, 2.05) is 58.0 Å². The van der Waals surface area contributed by atoms with Gasteiger partial charge in [0.2, 0.25) is 5.91 Å². The molecule has 4 heteroatoms. The van der Waals surface area contributed by atoms with Crippen LogP contribution in [0, 0.1) is 13.8 Å². The molecule has 0 aliphatic rings. The number of aryl methyl sites for hydroxylation is 2. The first-order valence-corrected chi connectivity index (χ1v) is 6.93. The molecule has 1 N–H and O–H groups in total. The minimum atomic E-state index is -0.0188. The maximum atomic E-state index is 11.7. The van der Waals surface area contributed by atoms with Crippen molar-refractivity contribution < 1.29 is 9.32 Å². The third-order valence-corrected chi connectivity index (χ3v) is 2.89. The number of carbonyl (C=O) groups is 1. The predicted octanol–water partition coefficient (Wildman–Crippen LogP) is 3.89. The van der Waals surface area contributed by atoms with Crippen molar-refractivity contribution in [2.24, 2.45) is 0 Å². The molecule has 0 saturated heterocycles. The third-order valence-electron chi connectivity index (χ3n) is 2.89. The first kappa shape index (κ1) is 16.0. The van der Waals surface area contributed by atoms with Gasteiger partial charge in [0.05, 0.1) is 5.69 Å². The summed E-state index contributed by atoms with van der Waals surface area (Å²) in [4.78, 5) is 11.7. The van der Waals surface area contributed by atoms with Gasteiger partial charge in [-0.15, -0.1) is 0 Å². The lowest BCUT2D eigenvalue weighted by molar-refractivity contribution is -0.116. The van der Waals surface area contributed by atoms with Crippen molar-refractivity contribution in [1.82, 2.24) is 5.16 Å². The van der Waals surface area contributed by atoms with E-state index in [1.165, 1.54) is 0 Å². The van der Waals surface area contributed by atoms with Crippen molar-refractivity contribution in [1.29, 1.82) is 0 Å². The lowest BCUT2D eigenvalue weighted by Crippen LogP contribution is -2.12. The first-order valence-electron chi connectivity index (χ1n) is 6.93. The lowest BCUT2D eigenvalue weighted by atomic mass is 10.1. The maximum absolute atomic E-state index is 11.7. The summed E-state index contributed by atoms with van der Waals surface area (Å²) < 4.78 is 5.17. The topological polar surface area (TPSA) is 55.1 Å². The quantitative estimate of drug-likeness (QED) is 0.920. The molecule has 0 radical (unpaired) electrons. The molecule has 1 aromatic heterocycles. The number of amides is 1. The first-order chi connectivity index (χ1) is 9.66. The number of carbonyl (C=O) groups excluding carboxylic acids is 1. The zero-order chi connectivity index (χ0) is 15.0. The van der Waals surface area contributed by atoms with Gasteiger partial charge >= 0.3 is 0 Å². The highest BCUT2D eigenvalue weighted by molar-refractivity contribution is 5.90. The Hall–Kier alpha value is -2.10. The molecule has 1 aromatic carbocycles. The van der Waals surface area contributed by atoms with Crippen LogP contribution in [-0.4, -0.2) is 11.1 Å². The Kier molecular flexibility index (Phi) is 6.50. The Bertz CT molecular complexity index is 533. The fourth-order valence-corrected chi connectivity index (χ4v) is 1.67. The van der Waals surface area contributed by atoms with Crippen LogP contribution in [0.15, 0.2) is 34.9 Å². The molecular formula is C16H22N2O2. The summed E-state index contributed by atoms with van der Waals surface area (Å²) in [5.74, 6) is 0.769. The molecule has 0 aliphatic carbocycles. The zero-order valence-electron chi connectivity index (χ0n) is 12.6. The monoisotopic (exact) mass is 274 g/mol. The van der Waals surface area contributed by atoms with E-state index in [-0.39, 0.29) is 5.91 Å². The Morgan fingerprint density at radius 3 is 2.40 bits per heavy atom. The van der Waals surface area contributed by atoms with Crippen LogP contribution in [-0.2, 0) is 11.2 Å². The number of anilines is 1. The number of benzene rings is 1. The molecule has 108 valence electrons. The number of nitrogens with one attached hydrogen (secondary N) is 1. The van der Waals surface area contributed by atoms with Gasteiger partial charge in [-0.2, -0.15) is 0 Å². The van der Waals surface area contributed by atoms with Crippen LogP contribution >= 0.6 is 0 Å². The second-order valence-electron chi connectivity index (χ2n) is 4.23. The number of para-hydroxylation sites is 1. The summed E-state index contributed by atoms with van der Waals surface area (Å²) in [5, 5.41) is 6.71. The van der Waals surface area contributed by atoms with E-state index in [1.54, 1.807) is 0 Å². The maximum Gasteiger partial charge on any atom is 0.224 e. The minimum Gasteiger partial charge on any atom is -0.361 e. The van der Waals surface area contributed by atoms with Crippen molar-refractivity contribution >= 4 is 11.6 Å². The minimum absolute atomic E-state index is 0.0188. The van der Waals surface area contributed by atoms with Crippen molar-refractivity contribution in [3.8, 4) is 0 Å². The Morgan fingerprint density at radius 2 is 1.85 bits per heavy atom. The van der Waals surface area contributed by atoms with E-state index < -0.39 is 0 Å². The summed E-state index contributed by atoms with van der Waals surface area (Å²) >= 11 is 0. The molecule has 0 spiro atoms. The van der Waals surface area contributed by atoms with Gasteiger partial charge < -0.3 is 9.84 Å². The highest BCUT2D eigenvalue weighted by Gasteiger charge is 2.10. The molecule has 2 aromatic rings. The molecule has 0 atom stereocenters. The SMILES string of the molecule is CC.Cc1noc(CCC(=O)Nc2ccccc2)c1C. The van der Waals surface area contributed by atoms with Gasteiger partial charge in [0.1, 0.15) is 5.76 Å². The Morgan fingerprint density at radius 1 is 1.20 bits per heavy atom. The van der Waals surface area contributed by atoms with Crippen molar-refractivity contribution in [2.75, 3.05) is 5.32 Å². The molecular weight excluding hydrogens is 252 g/mol. The smallest absolute Gasteiger partial charge is 0.224 e. The number of rotatable bonds is 4. The molecule has 0 aliphatic heterocycles. The normalized spacial score (nSPS) is 9.60. The van der Waals surface area contributed by atoms with Crippen LogP contribution in [0.1, 0.15) is 37.3 Å². The third kappa shape index (κ3) is 4.53. The molecule has 20 heavy (non-hydrogen) atoms. The Balaban J connectivity index is 0.000000956. The standard InChI is InChI=1S/C14H16N2O2.C2H6/c1-10-11(2)16-18-13(10)8-9-14(17)15-12-6-4-3-5-7-12;1-2/h3-7H,8-9H2,1-2H3,(H,15,17);1-2H3. The molecule has 1 amide bonds. The van der Waals surface area contributed by atoms with E-state index >= 15 is 0 Å². The highest BCUT2D eigenvalue weighted by Crippen LogP contribution is 2.14. The zero-order valence-corrected chi connectivity index (χ0v) is 12.6. The largest absolute Gasteiger partial charge is 0.361 e. The van der Waals surface area contributed by atoms with Crippen LogP contribution in [0.4, 0.5) is 5.69 Å². The van der Waals surface area contributed by atoms with Gasteiger partial charge in [-0.3, -0.25) is 4.79 Å². The van der Waals surface area contributed by atoms with Gasteiger partial charge in [-0.1, -0.05) is 37.2 Å². The Labute approximate surface area is 120 Å². The van der Waals surface area contributed by atoms with E-state index in [4.69, 9.17) is 4.52 Å². The van der Waals surface area contributed by atoms with Gasteiger partial charge in [0.25, 0.3) is 0 Å². The highest BCUT2D eigenvalue weighted by atomic mass is 16.5. The summed E-state index contributed by atoms with van der Waals surface area (Å²) in [6, 6.07) is 9.42. The number of hydrogen-bond donors (Lipinski definition) is 1. The lowest BCUT2D eigenvalue weighted by Gasteiger charge is -2.03. The average Bonchev–Trinajstić information content (AvgIpc) is 2.80. The van der Waals surface area contributed by atoms with Crippen LogP contribution < -0.4 is 5.32 Å². The second kappa shape index (κ2) is 8.15. The second-order valence-corrected chi connectivity index (χ2v) is 4.23. The number of aromatic nitrogens is 1. The molecule has 0 saturated carbocycles. The molecule has 4 nitrogen and oxygen atoms in total. The van der Waals surface area contributed by atoms with Gasteiger partial charge in [0, 0.05) is 24.1 Å². The van der Waals surface area contributed by atoms with Gasteiger partial charge in [-0.25, -0.2) is 0 Å². The van der Waals surface area contributed by atoms with Crippen LogP contribution in [0.2, 0.25) is 0 Å². The average molecular weight is 274 g/mol. The molecule has 0 fully saturated rings. The molecule has 2 rings (SSSR count). The fourth-order valence-electron chi connectivity index (χ4n) is 1.67. The van der Waals surface area contributed by atoms with Crippen LogP contribution in [0.5, 0.6) is 0 Å². The molecule has 0 unspecified atom stereocenters. The predicted molar refractivity (Wildman–Crippen MR) is 80.7 cm³/mol.